The molecule has 0 bridgehead atoms. The van der Waals surface area contributed by atoms with Crippen molar-refractivity contribution in [2.24, 2.45) is 11.7 Å². The molecule has 1 aromatic rings. The molecule has 2 rings (SSSR count). The number of nitrogens with zero attached hydrogens (tertiary/aromatic N) is 1. The molecule has 0 saturated heterocycles. The zero-order valence-electron chi connectivity index (χ0n) is 13.4. The summed E-state index contributed by atoms with van der Waals surface area (Å²) >= 11 is 0. The summed E-state index contributed by atoms with van der Waals surface area (Å²) in [4.78, 5) is 2.45. The van der Waals surface area contributed by atoms with Crippen LogP contribution in [0.15, 0.2) is 30.3 Å². The van der Waals surface area contributed by atoms with E-state index in [0.29, 0.717) is 23.9 Å². The third-order valence-electron chi connectivity index (χ3n) is 4.98. The second kappa shape index (κ2) is 7.92. The van der Waals surface area contributed by atoms with Gasteiger partial charge in [-0.2, -0.15) is 0 Å². The van der Waals surface area contributed by atoms with E-state index in [1.165, 1.54) is 18.4 Å². The highest BCUT2D eigenvalue weighted by Gasteiger charge is 2.34. The van der Waals surface area contributed by atoms with Gasteiger partial charge in [0.2, 0.25) is 0 Å². The normalized spacial score (nSPS) is 26.5. The molecule has 1 aromatic carbocycles. The van der Waals surface area contributed by atoms with Gasteiger partial charge in [0.15, 0.2) is 0 Å². The Bertz CT molecular complexity index is 407. The number of aliphatic hydroxyl groups excluding tert-OH is 1. The Kier molecular flexibility index (Phi) is 6.22. The molecule has 21 heavy (non-hydrogen) atoms. The molecule has 3 N–H and O–H groups in total. The monoisotopic (exact) mass is 290 g/mol. The molecule has 3 nitrogen and oxygen atoms in total. The standard InChI is InChI=1S/C18H30N2O/c1-14(2)20(10-11-21)18-12-16(8-9-17(18)13-19)15-6-4-3-5-7-15/h3-7,14,16-18,21H,8-13,19H2,1-2H3. The van der Waals surface area contributed by atoms with Crippen molar-refractivity contribution in [2.75, 3.05) is 19.7 Å². The van der Waals surface area contributed by atoms with Crippen LogP contribution in [0.25, 0.3) is 0 Å². The number of hydrogen-bond donors (Lipinski definition) is 2. The van der Waals surface area contributed by atoms with Crippen LogP contribution < -0.4 is 5.73 Å². The summed E-state index contributed by atoms with van der Waals surface area (Å²) in [5, 5.41) is 9.39. The summed E-state index contributed by atoms with van der Waals surface area (Å²) < 4.78 is 0. The van der Waals surface area contributed by atoms with E-state index in [9.17, 15) is 5.11 Å². The zero-order valence-corrected chi connectivity index (χ0v) is 13.4. The largest absolute Gasteiger partial charge is 0.395 e. The van der Waals surface area contributed by atoms with E-state index in [4.69, 9.17) is 5.73 Å². The number of nitrogens with two attached hydrogens (primary N) is 1. The smallest absolute Gasteiger partial charge is 0.0558 e. The van der Waals surface area contributed by atoms with Gasteiger partial charge in [-0.3, -0.25) is 4.90 Å². The van der Waals surface area contributed by atoms with E-state index >= 15 is 0 Å². The van der Waals surface area contributed by atoms with E-state index in [-0.39, 0.29) is 6.61 Å². The van der Waals surface area contributed by atoms with Crippen LogP contribution in [0.3, 0.4) is 0 Å². The summed E-state index contributed by atoms with van der Waals surface area (Å²) in [6, 6.07) is 11.8. The summed E-state index contributed by atoms with van der Waals surface area (Å²) in [5.41, 5.74) is 7.47. The summed E-state index contributed by atoms with van der Waals surface area (Å²) in [7, 11) is 0. The lowest BCUT2D eigenvalue weighted by molar-refractivity contribution is 0.0546. The first-order valence-corrected chi connectivity index (χ1v) is 8.29. The number of aliphatic hydroxyl groups is 1. The molecule has 0 aliphatic heterocycles. The Morgan fingerprint density at radius 1 is 1.24 bits per heavy atom. The highest BCUT2D eigenvalue weighted by Crippen LogP contribution is 2.38. The van der Waals surface area contributed by atoms with Gasteiger partial charge in [0.25, 0.3) is 0 Å². The molecule has 118 valence electrons. The highest BCUT2D eigenvalue weighted by molar-refractivity contribution is 5.20. The quantitative estimate of drug-likeness (QED) is 0.846. The third kappa shape index (κ3) is 4.06. The van der Waals surface area contributed by atoms with E-state index in [1.807, 2.05) is 0 Å². The van der Waals surface area contributed by atoms with Gasteiger partial charge in [-0.1, -0.05) is 30.3 Å². The van der Waals surface area contributed by atoms with Crippen molar-refractivity contribution in [3.8, 4) is 0 Å². The van der Waals surface area contributed by atoms with Gasteiger partial charge in [-0.05, 0) is 57.1 Å². The Morgan fingerprint density at radius 3 is 2.52 bits per heavy atom. The van der Waals surface area contributed by atoms with Gasteiger partial charge in [0.1, 0.15) is 0 Å². The van der Waals surface area contributed by atoms with Crippen LogP contribution in [-0.2, 0) is 0 Å². The lowest BCUT2D eigenvalue weighted by Crippen LogP contribution is -2.50. The lowest BCUT2D eigenvalue weighted by Gasteiger charge is -2.44. The Morgan fingerprint density at radius 2 is 1.95 bits per heavy atom. The van der Waals surface area contributed by atoms with Crippen LogP contribution in [0.4, 0.5) is 0 Å². The highest BCUT2D eigenvalue weighted by atomic mass is 16.3. The van der Waals surface area contributed by atoms with Crippen LogP contribution >= 0.6 is 0 Å². The van der Waals surface area contributed by atoms with Gasteiger partial charge < -0.3 is 10.8 Å². The van der Waals surface area contributed by atoms with E-state index < -0.39 is 0 Å². The van der Waals surface area contributed by atoms with Crippen LogP contribution in [0.1, 0.15) is 44.6 Å². The van der Waals surface area contributed by atoms with Crippen LogP contribution in [0, 0.1) is 5.92 Å². The molecule has 3 atom stereocenters. The average Bonchev–Trinajstić information content (AvgIpc) is 2.52. The number of benzene rings is 1. The SMILES string of the molecule is CC(C)N(CCO)C1CC(c2ccccc2)CCC1CN. The number of rotatable bonds is 6. The first-order chi connectivity index (χ1) is 10.2. The van der Waals surface area contributed by atoms with Crippen LogP contribution in [0.5, 0.6) is 0 Å². The molecule has 1 fully saturated rings. The molecule has 0 amide bonds. The van der Waals surface area contributed by atoms with Crippen molar-refractivity contribution < 1.29 is 5.11 Å². The van der Waals surface area contributed by atoms with Gasteiger partial charge in [0, 0.05) is 18.6 Å². The Labute approximate surface area is 129 Å². The van der Waals surface area contributed by atoms with Gasteiger partial charge in [-0.15, -0.1) is 0 Å². The maximum Gasteiger partial charge on any atom is 0.0558 e. The van der Waals surface area contributed by atoms with Crippen molar-refractivity contribution >= 4 is 0 Å². The zero-order chi connectivity index (χ0) is 15.2. The lowest BCUT2D eigenvalue weighted by atomic mass is 9.74. The van der Waals surface area contributed by atoms with E-state index in [0.717, 1.165) is 19.5 Å². The fraction of sp³-hybridized carbons (Fsp3) is 0.667. The molecule has 1 aliphatic rings. The average molecular weight is 290 g/mol. The topological polar surface area (TPSA) is 49.5 Å². The minimum Gasteiger partial charge on any atom is -0.395 e. The fourth-order valence-electron chi connectivity index (χ4n) is 3.84. The predicted molar refractivity (Wildman–Crippen MR) is 88.3 cm³/mol. The van der Waals surface area contributed by atoms with Crippen LogP contribution in [0.2, 0.25) is 0 Å². The van der Waals surface area contributed by atoms with Crippen LogP contribution in [-0.4, -0.2) is 41.8 Å². The van der Waals surface area contributed by atoms with E-state index in [2.05, 4.69) is 49.1 Å². The first-order valence-electron chi connectivity index (χ1n) is 8.29. The molecule has 1 saturated carbocycles. The summed E-state index contributed by atoms with van der Waals surface area (Å²) in [6.45, 7) is 6.16. The third-order valence-corrected chi connectivity index (χ3v) is 4.98. The summed E-state index contributed by atoms with van der Waals surface area (Å²) in [6.07, 6.45) is 3.58. The molecule has 1 aliphatic carbocycles. The molecule has 0 radical (unpaired) electrons. The minimum absolute atomic E-state index is 0.224. The maximum atomic E-state index is 9.39. The van der Waals surface area contributed by atoms with Crippen molar-refractivity contribution in [2.45, 2.75) is 51.1 Å². The Balaban J connectivity index is 2.15. The number of hydrogen-bond acceptors (Lipinski definition) is 3. The summed E-state index contributed by atoms with van der Waals surface area (Å²) in [5.74, 6) is 1.18. The van der Waals surface area contributed by atoms with Gasteiger partial charge in [0.05, 0.1) is 6.61 Å². The van der Waals surface area contributed by atoms with Crippen molar-refractivity contribution in [3.63, 3.8) is 0 Å². The minimum atomic E-state index is 0.224. The molecule has 0 spiro atoms. The van der Waals surface area contributed by atoms with Gasteiger partial charge >= 0.3 is 0 Å². The molecule has 3 heteroatoms. The molecule has 3 unspecified atom stereocenters. The van der Waals surface area contributed by atoms with Crippen molar-refractivity contribution in [1.82, 2.24) is 4.90 Å². The second-order valence-electron chi connectivity index (χ2n) is 6.54. The van der Waals surface area contributed by atoms with Gasteiger partial charge in [-0.25, -0.2) is 0 Å². The Hall–Kier alpha value is -0.900. The predicted octanol–water partition coefficient (Wildman–Crippen LogP) is 2.60. The molecule has 0 heterocycles. The van der Waals surface area contributed by atoms with Crippen molar-refractivity contribution in [3.05, 3.63) is 35.9 Å². The molecule has 0 aromatic heterocycles. The molecular weight excluding hydrogens is 260 g/mol. The second-order valence-corrected chi connectivity index (χ2v) is 6.54. The fourth-order valence-corrected chi connectivity index (χ4v) is 3.84. The maximum absolute atomic E-state index is 9.39. The van der Waals surface area contributed by atoms with Crippen molar-refractivity contribution in [1.29, 1.82) is 0 Å². The molecular formula is C18H30N2O. The first kappa shape index (κ1) is 16.5. The van der Waals surface area contributed by atoms with E-state index in [1.54, 1.807) is 0 Å².